The van der Waals surface area contributed by atoms with Crippen LogP contribution < -0.4 is 5.32 Å². The number of carbonyl (C=O) groups excluding carboxylic acids is 3. The minimum atomic E-state index is -1.45. The molecular formula is C32H30F2N4O5. The number of nitrogens with zero attached hydrogens (tertiary/aromatic N) is 3. The fourth-order valence-corrected chi connectivity index (χ4v) is 5.74. The van der Waals surface area contributed by atoms with Gasteiger partial charge in [0, 0.05) is 12.3 Å². The maximum atomic E-state index is 15.4. The van der Waals surface area contributed by atoms with Crippen molar-refractivity contribution in [2.45, 2.75) is 50.9 Å². The van der Waals surface area contributed by atoms with Crippen LogP contribution >= 0.6 is 0 Å². The van der Waals surface area contributed by atoms with Crippen molar-refractivity contribution in [1.29, 1.82) is 0 Å². The van der Waals surface area contributed by atoms with E-state index in [2.05, 4.69) is 10.4 Å². The quantitative estimate of drug-likeness (QED) is 0.302. The van der Waals surface area contributed by atoms with Crippen molar-refractivity contribution in [3.63, 3.8) is 0 Å². The molecule has 1 fully saturated rings. The summed E-state index contributed by atoms with van der Waals surface area (Å²) in [5.41, 5.74) is 3.35. The van der Waals surface area contributed by atoms with E-state index in [-0.39, 0.29) is 42.1 Å². The van der Waals surface area contributed by atoms with Crippen LogP contribution in [0.3, 0.4) is 0 Å². The third-order valence-electron chi connectivity index (χ3n) is 7.63. The molecule has 1 saturated heterocycles. The number of likely N-dealkylation sites (tertiary alicyclic amines) is 1. The van der Waals surface area contributed by atoms with Gasteiger partial charge in [-0.25, -0.2) is 18.4 Å². The number of fused-ring (bicyclic) bond motifs is 4. The Morgan fingerprint density at radius 3 is 2.28 bits per heavy atom. The summed E-state index contributed by atoms with van der Waals surface area (Å²) in [5, 5.41) is 6.38. The van der Waals surface area contributed by atoms with Crippen molar-refractivity contribution in [2.24, 2.45) is 0 Å². The highest BCUT2D eigenvalue weighted by Gasteiger charge is 2.41. The molecule has 1 aliphatic heterocycles. The van der Waals surface area contributed by atoms with Crippen LogP contribution in [-0.2, 0) is 14.3 Å². The number of alkyl halides is 1. The zero-order valence-corrected chi connectivity index (χ0v) is 23.8. The molecule has 2 aliphatic rings. The lowest BCUT2D eigenvalue weighted by Gasteiger charge is -2.24. The van der Waals surface area contributed by atoms with Gasteiger partial charge >= 0.3 is 12.2 Å². The Balaban J connectivity index is 1.16. The topological polar surface area (TPSA) is 103 Å². The van der Waals surface area contributed by atoms with E-state index >= 15 is 4.39 Å². The van der Waals surface area contributed by atoms with E-state index in [1.165, 1.54) is 12.1 Å². The highest BCUT2D eigenvalue weighted by Crippen LogP contribution is 2.44. The summed E-state index contributed by atoms with van der Waals surface area (Å²) in [4.78, 5) is 39.9. The second-order valence-electron chi connectivity index (χ2n) is 11.7. The summed E-state index contributed by atoms with van der Waals surface area (Å²) >= 11 is 0. The summed E-state index contributed by atoms with van der Waals surface area (Å²) in [6.45, 7) is 4.78. The Morgan fingerprint density at radius 1 is 0.977 bits per heavy atom. The SMILES string of the molecule is CC(C)(C)OC(=O)n1ncc2c(F)c(NC(=O)[C@H]3C[C@@H](F)CN3C(=O)OCC3c4ccccc4-c4ccccc43)ccc21. The summed E-state index contributed by atoms with van der Waals surface area (Å²) < 4.78 is 41.8. The molecule has 1 aliphatic carbocycles. The first-order chi connectivity index (χ1) is 20.5. The Kier molecular flexibility index (Phi) is 7.11. The summed E-state index contributed by atoms with van der Waals surface area (Å²) in [6, 6.07) is 17.2. The molecule has 0 bridgehead atoms. The van der Waals surface area contributed by atoms with E-state index in [4.69, 9.17) is 9.47 Å². The van der Waals surface area contributed by atoms with Gasteiger partial charge in [0.2, 0.25) is 5.91 Å². The molecule has 11 heteroatoms. The van der Waals surface area contributed by atoms with Gasteiger partial charge in [-0.15, -0.1) is 0 Å². The monoisotopic (exact) mass is 588 g/mol. The van der Waals surface area contributed by atoms with Crippen molar-refractivity contribution in [2.75, 3.05) is 18.5 Å². The Labute approximate surface area is 246 Å². The number of carbonyl (C=O) groups is 3. The number of amides is 2. The van der Waals surface area contributed by atoms with Crippen molar-refractivity contribution < 1.29 is 32.6 Å². The summed E-state index contributed by atoms with van der Waals surface area (Å²) in [7, 11) is 0. The summed E-state index contributed by atoms with van der Waals surface area (Å²) in [6.07, 6.45) is -2.15. The van der Waals surface area contributed by atoms with Gasteiger partial charge in [-0.05, 0) is 55.2 Å². The average molecular weight is 589 g/mol. The zero-order chi connectivity index (χ0) is 30.5. The fourth-order valence-electron chi connectivity index (χ4n) is 5.74. The lowest BCUT2D eigenvalue weighted by molar-refractivity contribution is -0.120. The van der Waals surface area contributed by atoms with Crippen molar-refractivity contribution in [1.82, 2.24) is 14.7 Å². The van der Waals surface area contributed by atoms with Crippen LogP contribution in [0.4, 0.5) is 24.1 Å². The molecular weight excluding hydrogens is 558 g/mol. The number of hydrogen-bond donors (Lipinski definition) is 1. The molecule has 4 aromatic rings. The van der Waals surface area contributed by atoms with E-state index < -0.39 is 41.7 Å². The first-order valence-corrected chi connectivity index (χ1v) is 14.0. The number of benzene rings is 3. The number of rotatable bonds is 4. The van der Waals surface area contributed by atoms with Crippen LogP contribution in [0, 0.1) is 5.82 Å². The van der Waals surface area contributed by atoms with Crippen LogP contribution in [0.15, 0.2) is 66.9 Å². The van der Waals surface area contributed by atoms with Gasteiger partial charge in [0.25, 0.3) is 0 Å². The molecule has 2 heterocycles. The first-order valence-electron chi connectivity index (χ1n) is 14.0. The van der Waals surface area contributed by atoms with Gasteiger partial charge in [-0.1, -0.05) is 48.5 Å². The molecule has 3 aromatic carbocycles. The molecule has 2 amide bonds. The molecule has 2 atom stereocenters. The normalized spacial score (nSPS) is 17.9. The van der Waals surface area contributed by atoms with Crippen LogP contribution in [0.25, 0.3) is 22.0 Å². The predicted octanol–water partition coefficient (Wildman–Crippen LogP) is 6.26. The molecule has 0 saturated carbocycles. The second kappa shape index (κ2) is 10.8. The second-order valence-corrected chi connectivity index (χ2v) is 11.7. The van der Waals surface area contributed by atoms with Gasteiger partial charge in [-0.3, -0.25) is 9.69 Å². The van der Waals surface area contributed by atoms with Crippen LogP contribution in [0.5, 0.6) is 0 Å². The van der Waals surface area contributed by atoms with Crippen molar-refractivity contribution >= 4 is 34.7 Å². The highest BCUT2D eigenvalue weighted by molar-refractivity contribution is 5.99. The maximum absolute atomic E-state index is 15.4. The number of ether oxygens (including phenoxy) is 2. The van der Waals surface area contributed by atoms with E-state index in [9.17, 15) is 18.8 Å². The van der Waals surface area contributed by atoms with Gasteiger partial charge in [0.1, 0.15) is 24.4 Å². The third-order valence-corrected chi connectivity index (χ3v) is 7.63. The Hall–Kier alpha value is -4.80. The minimum absolute atomic E-state index is 0.0155. The van der Waals surface area contributed by atoms with E-state index in [0.29, 0.717) is 0 Å². The highest BCUT2D eigenvalue weighted by atomic mass is 19.1. The van der Waals surface area contributed by atoms with E-state index in [1.807, 2.05) is 48.5 Å². The van der Waals surface area contributed by atoms with Crippen molar-refractivity contribution in [3.8, 4) is 11.1 Å². The largest absolute Gasteiger partial charge is 0.448 e. The lowest BCUT2D eigenvalue weighted by Crippen LogP contribution is -2.43. The number of hydrogen-bond acceptors (Lipinski definition) is 6. The van der Waals surface area contributed by atoms with Crippen LogP contribution in [-0.4, -0.2) is 63.7 Å². The third kappa shape index (κ3) is 5.31. The molecule has 222 valence electrons. The number of aromatic nitrogens is 2. The Bertz CT molecular complexity index is 1700. The smallest absolute Gasteiger partial charge is 0.435 e. The molecule has 1 N–H and O–H groups in total. The van der Waals surface area contributed by atoms with E-state index in [1.54, 1.807) is 20.8 Å². The molecule has 1 aromatic heterocycles. The van der Waals surface area contributed by atoms with Crippen molar-refractivity contribution in [3.05, 3.63) is 83.8 Å². The van der Waals surface area contributed by atoms with Gasteiger partial charge in [0.15, 0.2) is 5.82 Å². The first kappa shape index (κ1) is 28.3. The average Bonchev–Trinajstić information content (AvgIpc) is 3.66. The van der Waals surface area contributed by atoms with Crippen LogP contribution in [0.2, 0.25) is 0 Å². The molecule has 0 spiro atoms. The minimum Gasteiger partial charge on any atom is -0.448 e. The maximum Gasteiger partial charge on any atom is 0.435 e. The molecule has 0 unspecified atom stereocenters. The molecule has 0 radical (unpaired) electrons. The zero-order valence-electron chi connectivity index (χ0n) is 23.8. The Morgan fingerprint density at radius 2 is 1.63 bits per heavy atom. The molecule has 9 nitrogen and oxygen atoms in total. The predicted molar refractivity (Wildman–Crippen MR) is 155 cm³/mol. The fraction of sp³-hybridized carbons (Fsp3) is 0.312. The van der Waals surface area contributed by atoms with Gasteiger partial charge in [-0.2, -0.15) is 9.78 Å². The van der Waals surface area contributed by atoms with E-state index in [0.717, 1.165) is 38.0 Å². The molecule has 43 heavy (non-hydrogen) atoms. The summed E-state index contributed by atoms with van der Waals surface area (Å²) in [5.74, 6) is -1.79. The van der Waals surface area contributed by atoms with Crippen LogP contribution in [0.1, 0.15) is 44.2 Å². The number of halogens is 2. The van der Waals surface area contributed by atoms with Gasteiger partial charge < -0.3 is 14.8 Å². The number of anilines is 1. The molecule has 6 rings (SSSR count). The lowest BCUT2D eigenvalue weighted by atomic mass is 9.98. The number of nitrogens with one attached hydrogen (secondary N) is 1. The standard InChI is InChI=1S/C32H30F2N4O5/c1-32(2,3)43-31(41)38-26-13-12-25(28(34)23(26)15-35-38)36-29(39)27-14-18(33)16-37(27)30(40)42-17-24-21-10-6-4-8-19(21)20-9-5-7-11-22(20)24/h4-13,15,18,24,27H,14,16-17H2,1-3H3,(H,36,39)/t18-,27-/m1/s1. The van der Waals surface area contributed by atoms with Gasteiger partial charge in [0.05, 0.1) is 29.3 Å².